The Bertz CT molecular complexity index is 887. The summed E-state index contributed by atoms with van der Waals surface area (Å²) in [6.07, 6.45) is -0.0156. The summed E-state index contributed by atoms with van der Waals surface area (Å²) in [6, 6.07) is 7.25. The largest absolute Gasteiger partial charge is 0.391 e. The van der Waals surface area contributed by atoms with Gasteiger partial charge in [0, 0.05) is 18.4 Å². The van der Waals surface area contributed by atoms with Crippen molar-refractivity contribution in [3.63, 3.8) is 0 Å². The van der Waals surface area contributed by atoms with Crippen molar-refractivity contribution in [2.24, 2.45) is 0 Å². The van der Waals surface area contributed by atoms with E-state index in [1.807, 2.05) is 24.3 Å². The summed E-state index contributed by atoms with van der Waals surface area (Å²) in [6.45, 7) is 1.98. The molecule has 0 aliphatic carbocycles. The van der Waals surface area contributed by atoms with Crippen LogP contribution in [0.1, 0.15) is 29.9 Å². The molecule has 3 aromatic rings. The summed E-state index contributed by atoms with van der Waals surface area (Å²) in [5, 5.41) is 21.8. The molecule has 4 rings (SSSR count). The molecule has 1 aliphatic rings. The Labute approximate surface area is 137 Å². The Morgan fingerprint density at radius 1 is 1.46 bits per heavy atom. The minimum absolute atomic E-state index is 0.109. The van der Waals surface area contributed by atoms with Gasteiger partial charge in [-0.3, -0.25) is 9.89 Å². The number of aromatic nitrogens is 4. The third kappa shape index (κ3) is 2.54. The van der Waals surface area contributed by atoms with E-state index in [0.29, 0.717) is 18.1 Å². The lowest BCUT2D eigenvalue weighted by atomic mass is 10.1. The van der Waals surface area contributed by atoms with Crippen molar-refractivity contribution in [2.45, 2.75) is 31.9 Å². The number of benzene rings is 1. The summed E-state index contributed by atoms with van der Waals surface area (Å²) in [4.78, 5) is 18.6. The van der Waals surface area contributed by atoms with Gasteiger partial charge in [0.25, 0.3) is 0 Å². The molecule has 2 N–H and O–H groups in total. The number of H-pyrrole nitrogens is 1. The second-order valence-electron chi connectivity index (χ2n) is 6.03. The summed E-state index contributed by atoms with van der Waals surface area (Å²) in [5.41, 5.74) is 1.59. The highest BCUT2D eigenvalue weighted by Gasteiger charge is 2.38. The number of rotatable bonds is 3. The lowest BCUT2D eigenvalue weighted by Gasteiger charge is -2.21. The number of β-amino-alcohol motifs (C(OH)–C–C–N with tert-alkyl or cyclic N) is 1. The van der Waals surface area contributed by atoms with Gasteiger partial charge >= 0.3 is 0 Å². The maximum atomic E-state index is 12.8. The van der Waals surface area contributed by atoms with Crippen LogP contribution in [0.25, 0.3) is 10.9 Å². The zero-order valence-electron chi connectivity index (χ0n) is 13.1. The van der Waals surface area contributed by atoms with E-state index in [-0.39, 0.29) is 24.9 Å². The number of amides is 1. The monoisotopic (exact) mass is 327 g/mol. The number of nitrogens with one attached hydrogen (secondary N) is 1. The number of hydrogen-bond donors (Lipinski definition) is 2. The van der Waals surface area contributed by atoms with Crippen LogP contribution in [0.3, 0.4) is 0 Å². The van der Waals surface area contributed by atoms with Crippen LogP contribution in [-0.2, 0) is 11.2 Å². The van der Waals surface area contributed by atoms with E-state index in [0.717, 1.165) is 16.6 Å². The van der Waals surface area contributed by atoms with Crippen molar-refractivity contribution in [3.05, 3.63) is 41.7 Å². The van der Waals surface area contributed by atoms with Crippen LogP contribution in [0.2, 0.25) is 0 Å². The molecule has 24 heavy (non-hydrogen) atoms. The van der Waals surface area contributed by atoms with E-state index in [9.17, 15) is 9.90 Å². The number of hydrogen-bond acceptors (Lipinski definition) is 6. The number of carbonyl (C=O) groups is 1. The van der Waals surface area contributed by atoms with Gasteiger partial charge in [-0.15, -0.1) is 0 Å². The van der Waals surface area contributed by atoms with Gasteiger partial charge in [-0.25, -0.2) is 0 Å². The van der Waals surface area contributed by atoms with Crippen molar-refractivity contribution in [1.82, 2.24) is 25.2 Å². The minimum atomic E-state index is -0.593. The molecule has 0 unspecified atom stereocenters. The molecule has 8 nitrogen and oxygen atoms in total. The second kappa shape index (κ2) is 5.72. The zero-order chi connectivity index (χ0) is 16.7. The van der Waals surface area contributed by atoms with E-state index in [4.69, 9.17) is 4.52 Å². The maximum Gasteiger partial charge on any atom is 0.249 e. The lowest BCUT2D eigenvalue weighted by Crippen LogP contribution is -2.33. The number of fused-ring (bicyclic) bond motifs is 1. The molecule has 0 radical (unpaired) electrons. The average Bonchev–Trinajstić information content (AvgIpc) is 3.26. The fourth-order valence-corrected chi connectivity index (χ4v) is 3.17. The minimum Gasteiger partial charge on any atom is -0.391 e. The molecule has 3 heterocycles. The number of nitrogens with zero attached hydrogens (tertiary/aromatic N) is 4. The van der Waals surface area contributed by atoms with Crippen molar-refractivity contribution in [2.75, 3.05) is 6.54 Å². The standard InChI is InChI=1S/C16H17N5O3/c1-9-17-16(24-20-9)14-6-10(22)8-21(14)15(23)7-13-11-4-2-3-5-12(11)18-19-13/h2-5,10,14,22H,6-8H2,1H3,(H,18,19)/t10-,14+/m0/s1. The number of aromatic amines is 1. The van der Waals surface area contributed by atoms with Gasteiger partial charge in [-0.1, -0.05) is 23.4 Å². The molecule has 124 valence electrons. The Morgan fingerprint density at radius 3 is 3.08 bits per heavy atom. The first-order chi connectivity index (χ1) is 11.6. The number of aliphatic hydroxyl groups is 1. The van der Waals surface area contributed by atoms with Gasteiger partial charge in [0.2, 0.25) is 11.8 Å². The summed E-state index contributed by atoms with van der Waals surface area (Å²) < 4.78 is 5.20. The first kappa shape index (κ1) is 14.8. The molecule has 0 bridgehead atoms. The molecule has 2 atom stereocenters. The number of aryl methyl sites for hydroxylation is 1. The first-order valence-electron chi connectivity index (χ1n) is 7.81. The van der Waals surface area contributed by atoms with E-state index in [2.05, 4.69) is 20.3 Å². The van der Waals surface area contributed by atoms with Gasteiger partial charge in [-0.2, -0.15) is 10.1 Å². The van der Waals surface area contributed by atoms with Gasteiger partial charge in [0.15, 0.2) is 5.82 Å². The molecule has 1 saturated heterocycles. The fraction of sp³-hybridized carbons (Fsp3) is 0.375. The third-order valence-corrected chi connectivity index (χ3v) is 4.30. The molecule has 0 saturated carbocycles. The van der Waals surface area contributed by atoms with Gasteiger partial charge < -0.3 is 14.5 Å². The second-order valence-corrected chi connectivity index (χ2v) is 6.03. The highest BCUT2D eigenvalue weighted by atomic mass is 16.5. The molecular formula is C16H17N5O3. The lowest BCUT2D eigenvalue weighted by molar-refractivity contribution is -0.132. The highest BCUT2D eigenvalue weighted by Crippen LogP contribution is 2.32. The van der Waals surface area contributed by atoms with E-state index >= 15 is 0 Å². The number of para-hydroxylation sites is 1. The average molecular weight is 327 g/mol. The molecule has 1 fully saturated rings. The van der Waals surface area contributed by atoms with E-state index in [1.165, 1.54) is 0 Å². The zero-order valence-corrected chi connectivity index (χ0v) is 13.1. The molecule has 1 aromatic carbocycles. The number of carbonyl (C=O) groups excluding carboxylic acids is 1. The SMILES string of the molecule is Cc1noc([C@H]2C[C@H](O)CN2C(=O)Cc2[nH]nc3ccccc23)n1. The molecule has 1 aliphatic heterocycles. The quantitative estimate of drug-likeness (QED) is 0.746. The predicted molar refractivity (Wildman–Crippen MR) is 83.9 cm³/mol. The predicted octanol–water partition coefficient (Wildman–Crippen LogP) is 1.13. The van der Waals surface area contributed by atoms with Gasteiger partial charge in [0.05, 0.1) is 23.7 Å². The van der Waals surface area contributed by atoms with Crippen LogP contribution in [0, 0.1) is 6.92 Å². The Kier molecular flexibility index (Phi) is 3.53. The normalized spacial score (nSPS) is 20.8. The summed E-state index contributed by atoms with van der Waals surface area (Å²) >= 11 is 0. The van der Waals surface area contributed by atoms with Crippen LogP contribution in [-0.4, -0.2) is 48.9 Å². The summed E-state index contributed by atoms with van der Waals surface area (Å²) in [5.74, 6) is 0.770. The van der Waals surface area contributed by atoms with Crippen molar-refractivity contribution in [3.8, 4) is 0 Å². The Balaban J connectivity index is 1.58. The van der Waals surface area contributed by atoms with Crippen LogP contribution < -0.4 is 0 Å². The highest BCUT2D eigenvalue weighted by molar-refractivity contribution is 5.87. The van der Waals surface area contributed by atoms with Crippen LogP contribution >= 0.6 is 0 Å². The van der Waals surface area contributed by atoms with Gasteiger partial charge in [-0.05, 0) is 13.0 Å². The summed E-state index contributed by atoms with van der Waals surface area (Å²) in [7, 11) is 0. The topological polar surface area (TPSA) is 108 Å². The van der Waals surface area contributed by atoms with Crippen LogP contribution in [0.5, 0.6) is 0 Å². The van der Waals surface area contributed by atoms with Crippen molar-refractivity contribution in [1.29, 1.82) is 0 Å². The van der Waals surface area contributed by atoms with Crippen LogP contribution in [0.4, 0.5) is 0 Å². The van der Waals surface area contributed by atoms with Crippen molar-refractivity contribution < 1.29 is 14.4 Å². The van der Waals surface area contributed by atoms with Crippen molar-refractivity contribution >= 4 is 16.8 Å². The number of likely N-dealkylation sites (tertiary alicyclic amines) is 1. The maximum absolute atomic E-state index is 12.8. The van der Waals surface area contributed by atoms with E-state index < -0.39 is 6.10 Å². The smallest absolute Gasteiger partial charge is 0.249 e. The van der Waals surface area contributed by atoms with Gasteiger partial charge in [0.1, 0.15) is 6.04 Å². The molecule has 2 aromatic heterocycles. The Hall–Kier alpha value is -2.74. The number of aliphatic hydroxyl groups excluding tert-OH is 1. The Morgan fingerprint density at radius 2 is 2.29 bits per heavy atom. The molecule has 1 amide bonds. The van der Waals surface area contributed by atoms with Crippen LogP contribution in [0.15, 0.2) is 28.8 Å². The van der Waals surface area contributed by atoms with E-state index in [1.54, 1.807) is 11.8 Å². The molecule has 0 spiro atoms. The third-order valence-electron chi connectivity index (χ3n) is 4.30. The molecular weight excluding hydrogens is 310 g/mol. The first-order valence-corrected chi connectivity index (χ1v) is 7.81. The molecule has 8 heteroatoms. The fourth-order valence-electron chi connectivity index (χ4n) is 3.17.